The Hall–Kier alpha value is -1.75. The monoisotopic (exact) mass is 490 g/mol. The Morgan fingerprint density at radius 2 is 1.14 bits per heavy atom. The third-order valence-electron chi connectivity index (χ3n) is 7.25. The van der Waals surface area contributed by atoms with Crippen molar-refractivity contribution in [2.45, 2.75) is 148 Å². The lowest BCUT2D eigenvalue weighted by molar-refractivity contribution is -0.145. The highest BCUT2D eigenvalue weighted by molar-refractivity contribution is 6.02. The fourth-order valence-electron chi connectivity index (χ4n) is 5.15. The molecule has 0 saturated carbocycles. The van der Waals surface area contributed by atoms with E-state index in [0.29, 0.717) is 6.42 Å². The van der Waals surface area contributed by atoms with Crippen LogP contribution in [0, 0.1) is 0 Å². The normalized spacial score (nSPS) is 17.4. The van der Waals surface area contributed by atoms with Gasteiger partial charge in [-0.3, -0.25) is 4.79 Å². The number of fused-ring (bicyclic) bond motifs is 1. The number of ketones is 1. The lowest BCUT2D eigenvalue weighted by Gasteiger charge is -2.33. The molecule has 0 aliphatic carbocycles. The molecule has 0 saturated heterocycles. The topological polar surface area (TPSA) is 87.0 Å². The second-order valence-electron chi connectivity index (χ2n) is 10.6. The number of carbonyl (C=O) groups excluding carboxylic acids is 1. The summed E-state index contributed by atoms with van der Waals surface area (Å²) in [5, 5.41) is 30.2. The first-order valence-corrected chi connectivity index (χ1v) is 14.5. The van der Waals surface area contributed by atoms with Crippen LogP contribution < -0.4 is 4.74 Å². The number of phenolic OH excluding ortho intramolecular Hbond substituents is 2. The van der Waals surface area contributed by atoms with Crippen LogP contribution in [0.1, 0.15) is 152 Å². The van der Waals surface area contributed by atoms with Crippen LogP contribution in [0.2, 0.25) is 0 Å². The highest BCUT2D eigenvalue weighted by atomic mass is 16.6. The Balaban J connectivity index is 1.40. The summed E-state index contributed by atoms with van der Waals surface area (Å²) in [6.45, 7) is 2.28. The Labute approximate surface area is 213 Å². The predicted octanol–water partition coefficient (Wildman–Crippen LogP) is 8.57. The Bertz CT molecular complexity index is 732. The maximum Gasteiger partial charge on any atom is 0.215 e. The van der Waals surface area contributed by atoms with Crippen molar-refractivity contribution in [2.24, 2.45) is 0 Å². The van der Waals surface area contributed by atoms with E-state index in [2.05, 4.69) is 6.92 Å². The van der Waals surface area contributed by atoms with Gasteiger partial charge >= 0.3 is 0 Å². The maximum absolute atomic E-state index is 12.4. The average molecular weight is 491 g/mol. The standard InChI is InChI=1S/C30H50O5/c1-2-3-4-5-6-7-8-9-10-11-12-13-14-15-16-17-18-19-20-21-30(34)24-27(33)29-26(32)22-25(31)23-28(29)35-30/h22-23,31-32,34H,2-21,24H2,1H3/t30-/m0/s1. The highest BCUT2D eigenvalue weighted by Gasteiger charge is 2.40. The van der Waals surface area contributed by atoms with Gasteiger partial charge in [-0.2, -0.15) is 0 Å². The summed E-state index contributed by atoms with van der Waals surface area (Å²) in [4.78, 5) is 12.4. The van der Waals surface area contributed by atoms with Crippen LogP contribution >= 0.6 is 0 Å². The van der Waals surface area contributed by atoms with E-state index in [4.69, 9.17) is 4.74 Å². The van der Waals surface area contributed by atoms with Gasteiger partial charge in [-0.05, 0) is 6.42 Å². The summed E-state index contributed by atoms with van der Waals surface area (Å²) in [6.07, 6.45) is 25.1. The van der Waals surface area contributed by atoms with Crippen LogP contribution in [0.3, 0.4) is 0 Å². The summed E-state index contributed by atoms with van der Waals surface area (Å²) >= 11 is 0. The number of ether oxygens (including phenoxy) is 1. The highest BCUT2D eigenvalue weighted by Crippen LogP contribution is 2.41. The van der Waals surface area contributed by atoms with Gasteiger partial charge in [-0.1, -0.05) is 122 Å². The lowest BCUT2D eigenvalue weighted by Crippen LogP contribution is -2.41. The van der Waals surface area contributed by atoms with Gasteiger partial charge in [0, 0.05) is 18.6 Å². The molecule has 5 nitrogen and oxygen atoms in total. The number of hydrogen-bond donors (Lipinski definition) is 3. The molecule has 0 unspecified atom stereocenters. The Morgan fingerprint density at radius 3 is 1.60 bits per heavy atom. The van der Waals surface area contributed by atoms with Crippen LogP contribution in [0.15, 0.2) is 12.1 Å². The number of aliphatic hydroxyl groups is 1. The fraction of sp³-hybridized carbons (Fsp3) is 0.767. The number of benzene rings is 1. The summed E-state index contributed by atoms with van der Waals surface area (Å²) in [6, 6.07) is 2.38. The maximum atomic E-state index is 12.4. The minimum atomic E-state index is -1.56. The van der Waals surface area contributed by atoms with Crippen LogP contribution in [-0.4, -0.2) is 26.9 Å². The molecule has 0 bridgehead atoms. The molecule has 2 rings (SSSR count). The van der Waals surface area contributed by atoms with Crippen LogP contribution in [0.5, 0.6) is 17.2 Å². The minimum absolute atomic E-state index is 0.0423. The van der Waals surface area contributed by atoms with E-state index in [1.165, 1.54) is 109 Å². The smallest absolute Gasteiger partial charge is 0.215 e. The molecular weight excluding hydrogens is 440 g/mol. The second-order valence-corrected chi connectivity index (χ2v) is 10.6. The first-order chi connectivity index (χ1) is 16.9. The zero-order chi connectivity index (χ0) is 25.4. The van der Waals surface area contributed by atoms with Gasteiger partial charge in [0.2, 0.25) is 5.79 Å². The molecule has 3 N–H and O–H groups in total. The third-order valence-corrected chi connectivity index (χ3v) is 7.25. The SMILES string of the molecule is CCCCCCCCCCCCCCCCCCCCC[C@@]1(O)CC(=O)c2c(O)cc(O)cc2O1. The molecule has 0 radical (unpaired) electrons. The first-order valence-electron chi connectivity index (χ1n) is 14.5. The van der Waals surface area contributed by atoms with Crippen LogP contribution in [0.25, 0.3) is 0 Å². The zero-order valence-electron chi connectivity index (χ0n) is 22.2. The second kappa shape index (κ2) is 16.8. The molecular formula is C30H50O5. The minimum Gasteiger partial charge on any atom is -0.508 e. The number of hydrogen-bond acceptors (Lipinski definition) is 5. The molecule has 1 atom stereocenters. The van der Waals surface area contributed by atoms with Crippen molar-refractivity contribution in [1.82, 2.24) is 0 Å². The average Bonchev–Trinajstić information content (AvgIpc) is 2.79. The molecule has 1 aromatic carbocycles. The van der Waals surface area contributed by atoms with Gasteiger partial charge in [0.1, 0.15) is 22.8 Å². The lowest BCUT2D eigenvalue weighted by atomic mass is 9.93. The van der Waals surface area contributed by atoms with Gasteiger partial charge < -0.3 is 20.1 Å². The van der Waals surface area contributed by atoms with E-state index in [0.717, 1.165) is 25.3 Å². The number of aromatic hydroxyl groups is 2. The van der Waals surface area contributed by atoms with Gasteiger partial charge in [-0.15, -0.1) is 0 Å². The summed E-state index contributed by atoms with van der Waals surface area (Å²) in [5.41, 5.74) is 0.0423. The van der Waals surface area contributed by atoms with Gasteiger partial charge in [0.15, 0.2) is 5.78 Å². The molecule has 200 valence electrons. The summed E-state index contributed by atoms with van der Waals surface area (Å²) in [5.74, 6) is -2.36. The first kappa shape index (κ1) is 29.5. The molecule has 0 amide bonds. The van der Waals surface area contributed by atoms with Crippen molar-refractivity contribution >= 4 is 5.78 Å². The molecule has 35 heavy (non-hydrogen) atoms. The number of unbranched alkanes of at least 4 members (excludes halogenated alkanes) is 18. The molecule has 0 fully saturated rings. The van der Waals surface area contributed by atoms with Crippen molar-refractivity contribution in [3.8, 4) is 17.2 Å². The third kappa shape index (κ3) is 11.7. The largest absolute Gasteiger partial charge is 0.508 e. The van der Waals surface area contributed by atoms with E-state index in [-0.39, 0.29) is 35.0 Å². The van der Waals surface area contributed by atoms with Crippen molar-refractivity contribution in [2.75, 3.05) is 0 Å². The Kier molecular flexibility index (Phi) is 14.2. The van der Waals surface area contributed by atoms with Crippen LogP contribution in [0.4, 0.5) is 0 Å². The van der Waals surface area contributed by atoms with Crippen molar-refractivity contribution in [3.63, 3.8) is 0 Å². The van der Waals surface area contributed by atoms with Crippen molar-refractivity contribution in [3.05, 3.63) is 17.7 Å². The molecule has 5 heteroatoms. The van der Waals surface area contributed by atoms with E-state index >= 15 is 0 Å². The zero-order valence-corrected chi connectivity index (χ0v) is 22.2. The summed E-state index contributed by atoms with van der Waals surface area (Å²) < 4.78 is 5.60. The van der Waals surface area contributed by atoms with Crippen LogP contribution in [-0.2, 0) is 0 Å². The summed E-state index contributed by atoms with van der Waals surface area (Å²) in [7, 11) is 0. The molecule has 1 aliphatic heterocycles. The van der Waals surface area contributed by atoms with Gasteiger partial charge in [0.25, 0.3) is 0 Å². The molecule has 0 spiro atoms. The van der Waals surface area contributed by atoms with E-state index in [1.807, 2.05) is 0 Å². The molecule has 1 aromatic rings. The number of carbonyl (C=O) groups is 1. The molecule has 1 aliphatic rings. The van der Waals surface area contributed by atoms with E-state index < -0.39 is 5.79 Å². The quantitative estimate of drug-likeness (QED) is 0.159. The van der Waals surface area contributed by atoms with Gasteiger partial charge in [0.05, 0.1) is 6.42 Å². The number of rotatable bonds is 20. The number of phenols is 2. The van der Waals surface area contributed by atoms with E-state index in [9.17, 15) is 20.1 Å². The van der Waals surface area contributed by atoms with E-state index in [1.54, 1.807) is 0 Å². The van der Waals surface area contributed by atoms with Crippen molar-refractivity contribution < 1.29 is 24.9 Å². The van der Waals surface area contributed by atoms with Gasteiger partial charge in [-0.25, -0.2) is 0 Å². The molecule has 0 aromatic heterocycles. The number of Topliss-reactive ketones (excluding diaryl/α,β-unsaturated/α-hetero) is 1. The predicted molar refractivity (Wildman–Crippen MR) is 142 cm³/mol. The fourth-order valence-corrected chi connectivity index (χ4v) is 5.15. The van der Waals surface area contributed by atoms with Crippen molar-refractivity contribution in [1.29, 1.82) is 0 Å². The molecule has 1 heterocycles. The Morgan fingerprint density at radius 1 is 0.714 bits per heavy atom.